The monoisotopic (exact) mass is 281 g/mol. The van der Waals surface area contributed by atoms with Crippen molar-refractivity contribution in [2.24, 2.45) is 5.84 Å². The summed E-state index contributed by atoms with van der Waals surface area (Å²) >= 11 is 7.52. The Bertz CT molecular complexity index is 512. The summed E-state index contributed by atoms with van der Waals surface area (Å²) in [5, 5.41) is 0. The molecular weight excluding hydrogens is 266 g/mol. The van der Waals surface area contributed by atoms with Gasteiger partial charge in [0.05, 0.1) is 16.1 Å². The van der Waals surface area contributed by atoms with Gasteiger partial charge in [0.1, 0.15) is 0 Å². The Balaban J connectivity index is 2.22. The fourth-order valence-electron chi connectivity index (χ4n) is 1.96. The van der Waals surface area contributed by atoms with Crippen molar-refractivity contribution in [2.75, 3.05) is 0 Å². The second-order valence-corrected chi connectivity index (χ2v) is 5.83. The Morgan fingerprint density at radius 3 is 2.89 bits per heavy atom. The third kappa shape index (κ3) is 3.09. The van der Waals surface area contributed by atoms with Crippen LogP contribution in [0.4, 0.5) is 0 Å². The summed E-state index contributed by atoms with van der Waals surface area (Å²) in [6.07, 6.45) is 3.56. The number of nitrogens with one attached hydrogen (secondary N) is 1. The van der Waals surface area contributed by atoms with Gasteiger partial charge in [0, 0.05) is 17.5 Å². The zero-order valence-electron chi connectivity index (χ0n) is 10.2. The van der Waals surface area contributed by atoms with Gasteiger partial charge in [-0.3, -0.25) is 16.3 Å². The minimum atomic E-state index is 0.0240. The van der Waals surface area contributed by atoms with Crippen molar-refractivity contribution < 1.29 is 0 Å². The van der Waals surface area contributed by atoms with Crippen molar-refractivity contribution in [3.63, 3.8) is 0 Å². The van der Waals surface area contributed by atoms with Crippen LogP contribution < -0.4 is 11.3 Å². The molecule has 0 saturated heterocycles. The Labute approximate surface area is 116 Å². The van der Waals surface area contributed by atoms with Crippen LogP contribution in [-0.4, -0.2) is 4.98 Å². The standard InChI is InChI=1S/C13H16ClN3S/c1-2-9-4-3-7-16-13(9)11(17-15)8-10-5-6-12(14)18-10/h3-7,11,17H,2,8,15H2,1H3. The van der Waals surface area contributed by atoms with Crippen LogP contribution in [0.5, 0.6) is 0 Å². The molecule has 0 aliphatic heterocycles. The second kappa shape index (κ2) is 6.29. The SMILES string of the molecule is CCc1cccnc1C(Cc1ccc(Cl)s1)NN. The predicted octanol–water partition coefficient (Wildman–Crippen LogP) is 3.11. The maximum absolute atomic E-state index is 5.94. The third-order valence-corrected chi connectivity index (χ3v) is 4.13. The van der Waals surface area contributed by atoms with Crippen molar-refractivity contribution in [3.05, 3.63) is 50.9 Å². The number of nitrogens with two attached hydrogens (primary N) is 1. The van der Waals surface area contributed by atoms with Gasteiger partial charge in [-0.25, -0.2) is 0 Å². The number of aromatic nitrogens is 1. The molecule has 2 aromatic rings. The number of rotatable bonds is 5. The number of hydrogen-bond donors (Lipinski definition) is 2. The minimum absolute atomic E-state index is 0.0240. The topological polar surface area (TPSA) is 50.9 Å². The van der Waals surface area contributed by atoms with E-state index in [0.29, 0.717) is 0 Å². The zero-order valence-corrected chi connectivity index (χ0v) is 11.8. The summed E-state index contributed by atoms with van der Waals surface area (Å²) < 4.78 is 0.803. The summed E-state index contributed by atoms with van der Waals surface area (Å²) in [5.74, 6) is 5.66. The molecule has 0 aliphatic carbocycles. The number of hydrogen-bond acceptors (Lipinski definition) is 4. The van der Waals surface area contributed by atoms with Crippen molar-refractivity contribution in [1.29, 1.82) is 0 Å². The number of hydrazine groups is 1. The molecule has 0 spiro atoms. The highest BCUT2D eigenvalue weighted by atomic mass is 35.5. The average molecular weight is 282 g/mol. The molecule has 0 fully saturated rings. The van der Waals surface area contributed by atoms with Crippen LogP contribution in [0.1, 0.15) is 29.1 Å². The fraction of sp³-hybridized carbons (Fsp3) is 0.308. The highest BCUT2D eigenvalue weighted by Crippen LogP contribution is 2.26. The maximum Gasteiger partial charge on any atom is 0.0931 e. The molecule has 96 valence electrons. The van der Waals surface area contributed by atoms with Gasteiger partial charge in [-0.2, -0.15) is 0 Å². The molecule has 5 heteroatoms. The first-order valence-electron chi connectivity index (χ1n) is 5.88. The van der Waals surface area contributed by atoms with E-state index in [1.165, 1.54) is 10.4 Å². The number of aryl methyl sites for hydroxylation is 1. The highest BCUT2D eigenvalue weighted by Gasteiger charge is 2.16. The van der Waals surface area contributed by atoms with E-state index in [9.17, 15) is 0 Å². The first-order valence-corrected chi connectivity index (χ1v) is 7.08. The molecule has 1 unspecified atom stereocenters. The summed E-state index contributed by atoms with van der Waals surface area (Å²) in [4.78, 5) is 5.66. The van der Waals surface area contributed by atoms with Crippen LogP contribution in [0, 0.1) is 0 Å². The predicted molar refractivity (Wildman–Crippen MR) is 76.7 cm³/mol. The molecular formula is C13H16ClN3S. The van der Waals surface area contributed by atoms with Gasteiger partial charge in [0.2, 0.25) is 0 Å². The Morgan fingerprint density at radius 2 is 2.28 bits per heavy atom. The fourth-order valence-corrected chi connectivity index (χ4v) is 3.09. The number of pyridine rings is 1. The van der Waals surface area contributed by atoms with E-state index in [1.807, 2.05) is 18.2 Å². The smallest absolute Gasteiger partial charge is 0.0931 e. The zero-order chi connectivity index (χ0) is 13.0. The molecule has 0 saturated carbocycles. The molecule has 1 atom stereocenters. The molecule has 0 amide bonds. The number of nitrogens with zero attached hydrogens (tertiary/aromatic N) is 1. The molecule has 0 aromatic carbocycles. The minimum Gasteiger partial charge on any atom is -0.271 e. The lowest BCUT2D eigenvalue weighted by atomic mass is 10.0. The second-order valence-electron chi connectivity index (χ2n) is 4.03. The van der Waals surface area contributed by atoms with Crippen molar-refractivity contribution in [2.45, 2.75) is 25.8 Å². The lowest BCUT2D eigenvalue weighted by Crippen LogP contribution is -2.30. The molecule has 0 aliphatic rings. The van der Waals surface area contributed by atoms with Gasteiger partial charge in [0.25, 0.3) is 0 Å². The van der Waals surface area contributed by atoms with Crippen molar-refractivity contribution >= 4 is 22.9 Å². The molecule has 2 rings (SSSR count). The van der Waals surface area contributed by atoms with Crippen molar-refractivity contribution in [1.82, 2.24) is 10.4 Å². The Kier molecular flexibility index (Phi) is 4.72. The molecule has 3 nitrogen and oxygen atoms in total. The quantitative estimate of drug-likeness (QED) is 0.654. The van der Waals surface area contributed by atoms with E-state index in [0.717, 1.165) is 22.9 Å². The van der Waals surface area contributed by atoms with Crippen LogP contribution in [0.2, 0.25) is 4.34 Å². The summed E-state index contributed by atoms with van der Waals surface area (Å²) in [5.41, 5.74) is 5.10. The van der Waals surface area contributed by atoms with Gasteiger partial charge in [-0.15, -0.1) is 11.3 Å². The van der Waals surface area contributed by atoms with Gasteiger partial charge >= 0.3 is 0 Å². The van der Waals surface area contributed by atoms with Crippen LogP contribution in [0.25, 0.3) is 0 Å². The summed E-state index contributed by atoms with van der Waals surface area (Å²) in [6.45, 7) is 2.12. The van der Waals surface area contributed by atoms with E-state index in [2.05, 4.69) is 23.4 Å². The maximum atomic E-state index is 5.94. The Morgan fingerprint density at radius 1 is 1.44 bits per heavy atom. The van der Waals surface area contributed by atoms with E-state index in [4.69, 9.17) is 17.4 Å². The van der Waals surface area contributed by atoms with Gasteiger partial charge in [-0.05, 0) is 30.2 Å². The first kappa shape index (κ1) is 13.5. The van der Waals surface area contributed by atoms with E-state index < -0.39 is 0 Å². The van der Waals surface area contributed by atoms with Gasteiger partial charge in [-0.1, -0.05) is 24.6 Å². The van der Waals surface area contributed by atoms with Crippen molar-refractivity contribution in [3.8, 4) is 0 Å². The van der Waals surface area contributed by atoms with E-state index >= 15 is 0 Å². The van der Waals surface area contributed by atoms with Crippen LogP contribution in [0.15, 0.2) is 30.5 Å². The summed E-state index contributed by atoms with van der Waals surface area (Å²) in [7, 11) is 0. The normalized spacial score (nSPS) is 12.6. The van der Waals surface area contributed by atoms with Crippen LogP contribution in [0.3, 0.4) is 0 Å². The lowest BCUT2D eigenvalue weighted by molar-refractivity contribution is 0.537. The molecule has 3 N–H and O–H groups in total. The van der Waals surface area contributed by atoms with Gasteiger partial charge in [0.15, 0.2) is 0 Å². The van der Waals surface area contributed by atoms with Crippen LogP contribution >= 0.6 is 22.9 Å². The third-order valence-electron chi connectivity index (χ3n) is 2.87. The number of halogens is 1. The largest absolute Gasteiger partial charge is 0.271 e. The summed E-state index contributed by atoms with van der Waals surface area (Å²) in [6, 6.07) is 8.02. The molecule has 0 radical (unpaired) electrons. The Hall–Kier alpha value is -0.940. The highest BCUT2D eigenvalue weighted by molar-refractivity contribution is 7.16. The average Bonchev–Trinajstić information content (AvgIpc) is 2.81. The number of thiophene rings is 1. The molecule has 0 bridgehead atoms. The van der Waals surface area contributed by atoms with E-state index in [-0.39, 0.29) is 6.04 Å². The molecule has 2 aromatic heterocycles. The van der Waals surface area contributed by atoms with E-state index in [1.54, 1.807) is 17.5 Å². The molecule has 18 heavy (non-hydrogen) atoms. The van der Waals surface area contributed by atoms with Crippen LogP contribution in [-0.2, 0) is 12.8 Å². The lowest BCUT2D eigenvalue weighted by Gasteiger charge is -2.17. The molecule has 2 heterocycles. The first-order chi connectivity index (χ1) is 8.74. The van der Waals surface area contributed by atoms with Gasteiger partial charge < -0.3 is 0 Å².